The molecule has 2 fully saturated rings. The van der Waals surface area contributed by atoms with Crippen LogP contribution in [0.15, 0.2) is 36.5 Å². The second-order valence-electron chi connectivity index (χ2n) is 9.25. The number of nitrogens with one attached hydrogen (secondary N) is 1. The molecule has 0 radical (unpaired) electrons. The topological polar surface area (TPSA) is 96.4 Å². The van der Waals surface area contributed by atoms with Crippen LogP contribution < -0.4 is 9.62 Å². The van der Waals surface area contributed by atoms with Crippen molar-refractivity contribution in [3.8, 4) is 0 Å². The Bertz CT molecular complexity index is 1200. The third-order valence-corrected chi connectivity index (χ3v) is 7.47. The number of anilines is 1. The number of sulfonamides is 1. The summed E-state index contributed by atoms with van der Waals surface area (Å²) in [5, 5.41) is 0.164. The fourth-order valence-corrected chi connectivity index (χ4v) is 5.17. The smallest absolute Gasteiger partial charge is 0.230 e. The van der Waals surface area contributed by atoms with Gasteiger partial charge >= 0.3 is 0 Å². The Morgan fingerprint density at radius 1 is 1.29 bits per heavy atom. The predicted molar refractivity (Wildman–Crippen MR) is 128 cm³/mol. The summed E-state index contributed by atoms with van der Waals surface area (Å²) in [4.78, 5) is 31.3. The van der Waals surface area contributed by atoms with Gasteiger partial charge < -0.3 is 4.90 Å². The molecule has 1 amide bonds. The maximum Gasteiger partial charge on any atom is 0.230 e. The van der Waals surface area contributed by atoms with Crippen LogP contribution in [0.4, 0.5) is 10.1 Å². The molecule has 1 saturated heterocycles. The molecule has 1 aromatic heterocycles. The molecule has 1 atom stereocenters. The van der Waals surface area contributed by atoms with Crippen LogP contribution in [0.3, 0.4) is 0 Å². The van der Waals surface area contributed by atoms with Crippen molar-refractivity contribution < 1.29 is 22.4 Å². The highest BCUT2D eigenvalue weighted by molar-refractivity contribution is 7.88. The number of pyridine rings is 1. The van der Waals surface area contributed by atoms with E-state index in [9.17, 15) is 22.4 Å². The molecule has 34 heavy (non-hydrogen) atoms. The number of benzene rings is 1. The summed E-state index contributed by atoms with van der Waals surface area (Å²) in [6, 6.07) is 8.78. The average molecular weight is 508 g/mol. The van der Waals surface area contributed by atoms with E-state index in [0.29, 0.717) is 19.5 Å². The van der Waals surface area contributed by atoms with Gasteiger partial charge in [0.05, 0.1) is 23.4 Å². The zero-order valence-corrected chi connectivity index (χ0v) is 20.5. The summed E-state index contributed by atoms with van der Waals surface area (Å²) in [5.74, 6) is -1.43. The summed E-state index contributed by atoms with van der Waals surface area (Å²) in [6.45, 7) is 0.929. The Balaban J connectivity index is 1.39. The average Bonchev–Trinajstić information content (AvgIpc) is 3.57. The molecule has 0 spiro atoms. The van der Waals surface area contributed by atoms with Crippen molar-refractivity contribution in [3.05, 3.63) is 58.6 Å². The Labute approximate surface area is 203 Å². The highest BCUT2D eigenvalue weighted by Crippen LogP contribution is 2.48. The molecule has 10 heteroatoms. The van der Waals surface area contributed by atoms with Crippen LogP contribution in [0.5, 0.6) is 0 Å². The predicted octanol–water partition coefficient (Wildman–Crippen LogP) is 3.40. The van der Waals surface area contributed by atoms with E-state index in [1.807, 2.05) is 24.3 Å². The van der Waals surface area contributed by atoms with Crippen molar-refractivity contribution in [2.24, 2.45) is 5.92 Å². The van der Waals surface area contributed by atoms with Gasteiger partial charge in [-0.05, 0) is 49.4 Å². The van der Waals surface area contributed by atoms with Crippen LogP contribution in [-0.4, -0.2) is 44.4 Å². The molecule has 2 aromatic rings. The number of nitrogens with zero attached hydrogens (tertiary/aromatic N) is 2. The second-order valence-corrected chi connectivity index (χ2v) is 11.5. The maximum atomic E-state index is 14.0. The Morgan fingerprint density at radius 3 is 2.62 bits per heavy atom. The van der Waals surface area contributed by atoms with Gasteiger partial charge in [0, 0.05) is 42.7 Å². The number of piperidine rings is 1. The number of aromatic nitrogens is 1. The van der Waals surface area contributed by atoms with Crippen LogP contribution in [0.25, 0.3) is 0 Å². The van der Waals surface area contributed by atoms with Gasteiger partial charge in [0.25, 0.3) is 0 Å². The molecular weight excluding hydrogens is 481 g/mol. The van der Waals surface area contributed by atoms with Crippen molar-refractivity contribution in [2.75, 3.05) is 24.2 Å². The van der Waals surface area contributed by atoms with Gasteiger partial charge in [-0.3, -0.25) is 14.6 Å². The number of hydrogen-bond acceptors (Lipinski definition) is 5. The largest absolute Gasteiger partial charge is 0.312 e. The lowest BCUT2D eigenvalue weighted by Gasteiger charge is -2.32. The lowest BCUT2D eigenvalue weighted by atomic mass is 9.90. The van der Waals surface area contributed by atoms with Gasteiger partial charge in [0.1, 0.15) is 11.6 Å². The zero-order valence-electron chi connectivity index (χ0n) is 18.9. The first kappa shape index (κ1) is 24.8. The highest BCUT2D eigenvalue weighted by atomic mass is 35.5. The third-order valence-electron chi connectivity index (χ3n) is 6.59. The zero-order chi connectivity index (χ0) is 24.5. The SMILES string of the molecule is CS(=O)(=O)NCC1(c2ccc(N3CCC[C@H](CC(=O)Cc4ncc(Cl)cc4F)C3=O)cc2)CC1. The number of halogens is 2. The molecule has 1 N–H and O–H groups in total. The molecule has 2 aliphatic rings. The maximum absolute atomic E-state index is 14.0. The van der Waals surface area contributed by atoms with Crippen LogP contribution >= 0.6 is 11.6 Å². The molecule has 0 unspecified atom stereocenters. The number of hydrogen-bond donors (Lipinski definition) is 1. The minimum absolute atomic E-state index is 0.0319. The van der Waals surface area contributed by atoms with E-state index in [-0.39, 0.29) is 40.7 Å². The minimum Gasteiger partial charge on any atom is -0.312 e. The van der Waals surface area contributed by atoms with Gasteiger partial charge in [-0.25, -0.2) is 17.5 Å². The van der Waals surface area contributed by atoms with E-state index in [0.717, 1.165) is 42.8 Å². The Kier molecular flexibility index (Phi) is 7.07. The summed E-state index contributed by atoms with van der Waals surface area (Å²) >= 11 is 5.71. The fraction of sp³-hybridized carbons (Fsp3) is 0.458. The van der Waals surface area contributed by atoms with E-state index < -0.39 is 21.8 Å². The van der Waals surface area contributed by atoms with E-state index in [1.54, 1.807) is 4.90 Å². The van der Waals surface area contributed by atoms with Crippen molar-refractivity contribution in [1.29, 1.82) is 0 Å². The number of carbonyl (C=O) groups excluding carboxylic acids is 2. The monoisotopic (exact) mass is 507 g/mol. The number of rotatable bonds is 9. The Hall–Kier alpha value is -2.36. The molecule has 0 bridgehead atoms. The number of ketones is 1. The van der Waals surface area contributed by atoms with Gasteiger partial charge in [-0.2, -0.15) is 0 Å². The standard InChI is InChI=1S/C24H27ClFN3O4S/c1-34(32,33)28-15-24(8-9-24)17-4-6-19(7-5-17)29-10-2-3-16(23(29)31)11-20(30)13-22-21(26)12-18(25)14-27-22/h4-7,12,14,16,28H,2-3,8-11,13,15H2,1H3/t16-/m1/s1. The second kappa shape index (κ2) is 9.71. The van der Waals surface area contributed by atoms with Gasteiger partial charge in [-0.15, -0.1) is 0 Å². The molecule has 2 heterocycles. The van der Waals surface area contributed by atoms with Crippen molar-refractivity contribution in [1.82, 2.24) is 9.71 Å². The first-order valence-corrected chi connectivity index (χ1v) is 13.5. The summed E-state index contributed by atoms with van der Waals surface area (Å²) < 4.78 is 39.5. The van der Waals surface area contributed by atoms with Gasteiger partial charge in [0.15, 0.2) is 0 Å². The van der Waals surface area contributed by atoms with Crippen molar-refractivity contribution >= 4 is 39.0 Å². The first-order valence-electron chi connectivity index (χ1n) is 11.2. The van der Waals surface area contributed by atoms with E-state index >= 15 is 0 Å². The minimum atomic E-state index is -3.26. The first-order chi connectivity index (χ1) is 16.1. The van der Waals surface area contributed by atoms with Gasteiger partial charge in [-0.1, -0.05) is 23.7 Å². The lowest BCUT2D eigenvalue weighted by molar-refractivity contribution is -0.128. The molecule has 1 aliphatic carbocycles. The Morgan fingerprint density at radius 2 is 2.00 bits per heavy atom. The molecule has 182 valence electrons. The van der Waals surface area contributed by atoms with Crippen LogP contribution in [0.2, 0.25) is 5.02 Å². The summed E-state index contributed by atoms with van der Waals surface area (Å²) in [7, 11) is -3.26. The van der Waals surface area contributed by atoms with E-state index in [2.05, 4.69) is 9.71 Å². The number of carbonyl (C=O) groups is 2. The quantitative estimate of drug-likeness (QED) is 0.561. The van der Waals surface area contributed by atoms with Gasteiger partial charge in [0.2, 0.25) is 15.9 Å². The van der Waals surface area contributed by atoms with Crippen molar-refractivity contribution in [3.63, 3.8) is 0 Å². The van der Waals surface area contributed by atoms with Crippen LogP contribution in [0.1, 0.15) is 43.4 Å². The normalized spacial score (nSPS) is 19.8. The summed E-state index contributed by atoms with van der Waals surface area (Å²) in [5.41, 5.74) is 1.64. The molecule has 1 saturated carbocycles. The van der Waals surface area contributed by atoms with E-state index in [1.165, 1.54) is 6.20 Å². The van der Waals surface area contributed by atoms with Crippen LogP contribution in [0, 0.1) is 11.7 Å². The van der Waals surface area contributed by atoms with E-state index in [4.69, 9.17) is 11.6 Å². The lowest BCUT2D eigenvalue weighted by Crippen LogP contribution is -2.42. The molecule has 1 aromatic carbocycles. The fourth-order valence-electron chi connectivity index (χ4n) is 4.48. The van der Waals surface area contributed by atoms with Crippen molar-refractivity contribution in [2.45, 2.75) is 43.9 Å². The third kappa shape index (κ3) is 5.82. The number of amides is 1. The summed E-state index contributed by atoms with van der Waals surface area (Å²) in [6.07, 6.45) is 5.50. The molecule has 7 nitrogen and oxygen atoms in total. The number of Topliss-reactive ketones (excluding diaryl/α,β-unsaturated/α-hetero) is 1. The van der Waals surface area contributed by atoms with Crippen LogP contribution in [-0.2, 0) is 31.4 Å². The highest BCUT2D eigenvalue weighted by Gasteiger charge is 2.44. The molecule has 4 rings (SSSR count). The molecule has 1 aliphatic heterocycles. The molecular formula is C24H27ClFN3O4S.